The second-order valence-corrected chi connectivity index (χ2v) is 6.92. The maximum absolute atomic E-state index is 12.3. The Morgan fingerprint density at radius 2 is 1.59 bits per heavy atom. The van der Waals surface area contributed by atoms with E-state index in [0.29, 0.717) is 32.2 Å². The summed E-state index contributed by atoms with van der Waals surface area (Å²) in [4.78, 5) is 47.1. The van der Waals surface area contributed by atoms with E-state index in [1.807, 2.05) is 13.8 Å². The van der Waals surface area contributed by atoms with Crippen LogP contribution >= 0.6 is 0 Å². The van der Waals surface area contributed by atoms with Gasteiger partial charge in [0.25, 0.3) is 0 Å². The number of aliphatic carboxylic acids is 1. The lowest BCUT2D eigenvalue weighted by Gasteiger charge is -2.22. The van der Waals surface area contributed by atoms with E-state index in [1.165, 1.54) is 6.92 Å². The van der Waals surface area contributed by atoms with Crippen molar-refractivity contribution in [3.05, 3.63) is 0 Å². The molecule has 0 bridgehead atoms. The van der Waals surface area contributed by atoms with Crippen LogP contribution in [0.2, 0.25) is 0 Å². The Balaban J connectivity index is 4.76. The molecule has 0 saturated heterocycles. The van der Waals surface area contributed by atoms with Gasteiger partial charge in [0, 0.05) is 0 Å². The van der Waals surface area contributed by atoms with Crippen molar-refractivity contribution in [3.8, 4) is 0 Å². The van der Waals surface area contributed by atoms with Gasteiger partial charge in [-0.15, -0.1) is 0 Å². The Morgan fingerprint density at radius 1 is 0.963 bits per heavy atom. The fourth-order valence-corrected chi connectivity index (χ4v) is 2.35. The molecule has 27 heavy (non-hydrogen) atoms. The standard InChI is InChI=1S/C17H33N5O5/c1-10(2)8-12(19)16(26)21-11(3)15(25)22-13(6-4-5-7-18)17(27)20-9-14(23)24/h10-13H,4-9,18-19H2,1-3H3,(H,20,27)(H,21,26)(H,22,25)(H,23,24). The SMILES string of the molecule is CC(C)CC(N)C(=O)NC(C)C(=O)NC(CCCCN)C(=O)NCC(=O)O. The summed E-state index contributed by atoms with van der Waals surface area (Å²) in [5, 5.41) is 16.0. The van der Waals surface area contributed by atoms with Crippen LogP contribution in [0.15, 0.2) is 0 Å². The minimum absolute atomic E-state index is 0.236. The Hall–Kier alpha value is -2.20. The molecule has 0 aliphatic heterocycles. The van der Waals surface area contributed by atoms with Gasteiger partial charge in [-0.25, -0.2) is 0 Å². The average Bonchev–Trinajstić information content (AvgIpc) is 2.57. The van der Waals surface area contributed by atoms with Gasteiger partial charge in [0.1, 0.15) is 18.6 Å². The molecule has 0 saturated carbocycles. The monoisotopic (exact) mass is 387 g/mol. The van der Waals surface area contributed by atoms with Gasteiger partial charge in [0.2, 0.25) is 17.7 Å². The van der Waals surface area contributed by atoms with Crippen LogP contribution in [0.4, 0.5) is 0 Å². The Kier molecular flexibility index (Phi) is 12.0. The Labute approximate surface area is 159 Å². The molecule has 0 rings (SSSR count). The predicted molar refractivity (Wildman–Crippen MR) is 101 cm³/mol. The number of hydrogen-bond donors (Lipinski definition) is 6. The number of nitrogens with one attached hydrogen (secondary N) is 3. The first-order valence-electron chi connectivity index (χ1n) is 9.14. The van der Waals surface area contributed by atoms with Crippen LogP contribution in [0, 0.1) is 5.92 Å². The van der Waals surface area contributed by atoms with Crippen LogP contribution in [0.5, 0.6) is 0 Å². The lowest BCUT2D eigenvalue weighted by Crippen LogP contribution is -2.55. The minimum Gasteiger partial charge on any atom is -0.480 e. The molecule has 0 aromatic carbocycles. The molecule has 0 fully saturated rings. The number of carbonyl (C=O) groups is 4. The highest BCUT2D eigenvalue weighted by Crippen LogP contribution is 2.04. The highest BCUT2D eigenvalue weighted by atomic mass is 16.4. The smallest absolute Gasteiger partial charge is 0.322 e. The van der Waals surface area contributed by atoms with E-state index in [1.54, 1.807) is 0 Å². The summed E-state index contributed by atoms with van der Waals surface area (Å²) >= 11 is 0. The van der Waals surface area contributed by atoms with Crippen LogP contribution in [-0.4, -0.2) is 60.0 Å². The second kappa shape index (κ2) is 13.0. The van der Waals surface area contributed by atoms with E-state index in [2.05, 4.69) is 16.0 Å². The lowest BCUT2D eigenvalue weighted by molar-refractivity contribution is -0.138. The molecule has 3 atom stereocenters. The topological polar surface area (TPSA) is 177 Å². The Bertz CT molecular complexity index is 512. The number of carbonyl (C=O) groups excluding carboxylic acids is 3. The quantitative estimate of drug-likeness (QED) is 0.212. The van der Waals surface area contributed by atoms with Gasteiger partial charge >= 0.3 is 5.97 Å². The first-order chi connectivity index (χ1) is 12.6. The van der Waals surface area contributed by atoms with Crippen LogP contribution in [0.1, 0.15) is 46.5 Å². The van der Waals surface area contributed by atoms with E-state index in [9.17, 15) is 19.2 Å². The number of amides is 3. The maximum atomic E-state index is 12.3. The summed E-state index contributed by atoms with van der Waals surface area (Å²) in [6.07, 6.45) is 2.04. The van der Waals surface area contributed by atoms with Crippen molar-refractivity contribution in [1.29, 1.82) is 0 Å². The van der Waals surface area contributed by atoms with Gasteiger partial charge in [0.05, 0.1) is 6.04 Å². The summed E-state index contributed by atoms with van der Waals surface area (Å²) in [5.74, 6) is -2.54. The van der Waals surface area contributed by atoms with Crippen molar-refractivity contribution in [2.45, 2.75) is 64.6 Å². The van der Waals surface area contributed by atoms with Gasteiger partial charge < -0.3 is 32.5 Å². The third-order valence-corrected chi connectivity index (χ3v) is 3.81. The maximum Gasteiger partial charge on any atom is 0.322 e. The van der Waals surface area contributed by atoms with Gasteiger partial charge in [-0.2, -0.15) is 0 Å². The average molecular weight is 387 g/mol. The zero-order chi connectivity index (χ0) is 21.0. The van der Waals surface area contributed by atoms with Crippen LogP contribution in [0.25, 0.3) is 0 Å². The van der Waals surface area contributed by atoms with E-state index < -0.39 is 48.4 Å². The molecule has 10 nitrogen and oxygen atoms in total. The molecule has 0 aliphatic rings. The molecule has 156 valence electrons. The van der Waals surface area contributed by atoms with E-state index in [0.717, 1.165) is 0 Å². The third kappa shape index (κ3) is 11.2. The fraction of sp³-hybridized carbons (Fsp3) is 0.765. The minimum atomic E-state index is -1.19. The number of hydrogen-bond acceptors (Lipinski definition) is 6. The summed E-state index contributed by atoms with van der Waals surface area (Å²) in [6.45, 7) is 5.26. The molecule has 0 aromatic rings. The molecule has 0 aromatic heterocycles. The molecular formula is C17H33N5O5. The van der Waals surface area contributed by atoms with Crippen molar-refractivity contribution in [2.24, 2.45) is 17.4 Å². The van der Waals surface area contributed by atoms with Crippen LogP contribution in [-0.2, 0) is 19.2 Å². The van der Waals surface area contributed by atoms with Crippen molar-refractivity contribution in [3.63, 3.8) is 0 Å². The molecule has 0 radical (unpaired) electrons. The summed E-state index contributed by atoms with van der Waals surface area (Å²) in [7, 11) is 0. The lowest BCUT2D eigenvalue weighted by atomic mass is 10.0. The predicted octanol–water partition coefficient (Wildman–Crippen LogP) is -1.32. The molecule has 3 amide bonds. The first-order valence-corrected chi connectivity index (χ1v) is 9.14. The number of nitrogens with two attached hydrogens (primary N) is 2. The molecule has 0 heterocycles. The number of unbranched alkanes of at least 4 members (excludes halogenated alkanes) is 1. The first kappa shape index (κ1) is 24.8. The van der Waals surface area contributed by atoms with Crippen molar-refractivity contribution in [2.75, 3.05) is 13.1 Å². The number of rotatable bonds is 13. The van der Waals surface area contributed by atoms with E-state index in [4.69, 9.17) is 16.6 Å². The number of carboxylic acid groups (broad SMARTS) is 1. The molecule has 10 heteroatoms. The molecular weight excluding hydrogens is 354 g/mol. The van der Waals surface area contributed by atoms with Crippen molar-refractivity contribution >= 4 is 23.7 Å². The van der Waals surface area contributed by atoms with E-state index in [-0.39, 0.29) is 5.92 Å². The second-order valence-electron chi connectivity index (χ2n) is 6.92. The molecule has 8 N–H and O–H groups in total. The highest BCUT2D eigenvalue weighted by Gasteiger charge is 2.25. The highest BCUT2D eigenvalue weighted by molar-refractivity contribution is 5.93. The van der Waals surface area contributed by atoms with Crippen molar-refractivity contribution in [1.82, 2.24) is 16.0 Å². The summed E-state index contributed by atoms with van der Waals surface area (Å²) < 4.78 is 0. The zero-order valence-electron chi connectivity index (χ0n) is 16.3. The fourth-order valence-electron chi connectivity index (χ4n) is 2.35. The largest absolute Gasteiger partial charge is 0.480 e. The van der Waals surface area contributed by atoms with Gasteiger partial charge in [0.15, 0.2) is 0 Å². The van der Waals surface area contributed by atoms with Gasteiger partial charge in [-0.3, -0.25) is 19.2 Å². The third-order valence-electron chi connectivity index (χ3n) is 3.81. The van der Waals surface area contributed by atoms with Crippen LogP contribution in [0.3, 0.4) is 0 Å². The molecule has 0 aliphatic carbocycles. The van der Waals surface area contributed by atoms with E-state index >= 15 is 0 Å². The zero-order valence-corrected chi connectivity index (χ0v) is 16.3. The van der Waals surface area contributed by atoms with Gasteiger partial charge in [-0.05, 0) is 45.1 Å². The summed E-state index contributed by atoms with van der Waals surface area (Å²) in [5.41, 5.74) is 11.2. The number of carboxylic acids is 1. The molecule has 0 spiro atoms. The Morgan fingerprint density at radius 3 is 2.11 bits per heavy atom. The molecule has 3 unspecified atom stereocenters. The van der Waals surface area contributed by atoms with Crippen molar-refractivity contribution < 1.29 is 24.3 Å². The summed E-state index contributed by atoms with van der Waals surface area (Å²) in [6, 6.07) is -2.52. The normalized spacial score (nSPS) is 14.1. The van der Waals surface area contributed by atoms with Crippen LogP contribution < -0.4 is 27.4 Å². The van der Waals surface area contributed by atoms with Gasteiger partial charge in [-0.1, -0.05) is 13.8 Å².